The van der Waals surface area contributed by atoms with E-state index in [2.05, 4.69) is 5.32 Å². The minimum atomic E-state index is -0.395. The molecule has 6 heteroatoms. The molecule has 0 aliphatic heterocycles. The third-order valence-corrected chi connectivity index (χ3v) is 6.44. The second-order valence-electron chi connectivity index (χ2n) is 8.48. The van der Waals surface area contributed by atoms with E-state index < -0.39 is 5.63 Å². The number of nitrogens with one attached hydrogen (secondary N) is 1. The number of aryl methyl sites for hydroxylation is 4. The summed E-state index contributed by atoms with van der Waals surface area (Å²) >= 11 is 0. The lowest BCUT2D eigenvalue weighted by molar-refractivity contribution is -0.121. The molecule has 0 radical (unpaired) electrons. The van der Waals surface area contributed by atoms with E-state index in [-0.39, 0.29) is 12.3 Å². The highest BCUT2D eigenvalue weighted by molar-refractivity contribution is 6.00. The van der Waals surface area contributed by atoms with Crippen molar-refractivity contribution in [1.82, 2.24) is 5.32 Å². The molecule has 0 fully saturated rings. The maximum Gasteiger partial charge on any atom is 0.339 e. The normalized spacial score (nSPS) is 11.3. The second kappa shape index (κ2) is 9.14. The lowest BCUT2D eigenvalue weighted by atomic mass is 9.98. The van der Waals surface area contributed by atoms with Crippen LogP contribution in [0, 0.1) is 27.7 Å². The van der Waals surface area contributed by atoms with Crippen LogP contribution < -0.4 is 15.7 Å². The SMILES string of the molecule is COc1ccc(CCNC(=O)CCc2c(C)c3cc4c(C)c(C)oc4c(C)c3oc2=O)cc1. The van der Waals surface area contributed by atoms with Crippen molar-refractivity contribution in [2.45, 2.75) is 47.0 Å². The average Bonchev–Trinajstić information content (AvgIpc) is 3.09. The third-order valence-electron chi connectivity index (χ3n) is 6.44. The van der Waals surface area contributed by atoms with Crippen LogP contribution in [0.3, 0.4) is 0 Å². The Hall–Kier alpha value is -3.54. The topological polar surface area (TPSA) is 81.7 Å². The van der Waals surface area contributed by atoms with Gasteiger partial charge >= 0.3 is 5.63 Å². The molecule has 2 heterocycles. The molecule has 0 saturated carbocycles. The average molecular weight is 448 g/mol. The zero-order chi connectivity index (χ0) is 23.7. The number of amides is 1. The Morgan fingerprint density at radius 3 is 2.27 bits per heavy atom. The number of benzene rings is 2. The zero-order valence-electron chi connectivity index (χ0n) is 19.8. The Morgan fingerprint density at radius 2 is 1.58 bits per heavy atom. The van der Waals surface area contributed by atoms with E-state index in [1.54, 1.807) is 7.11 Å². The Morgan fingerprint density at radius 1 is 0.909 bits per heavy atom. The molecule has 0 spiro atoms. The predicted molar refractivity (Wildman–Crippen MR) is 129 cm³/mol. The minimum Gasteiger partial charge on any atom is -0.497 e. The van der Waals surface area contributed by atoms with Crippen molar-refractivity contribution in [3.8, 4) is 5.75 Å². The number of carbonyl (C=O) groups excluding carboxylic acids is 1. The molecule has 0 unspecified atom stereocenters. The number of carbonyl (C=O) groups is 1. The Bertz CT molecular complexity index is 1390. The summed E-state index contributed by atoms with van der Waals surface area (Å²) in [6.07, 6.45) is 1.29. The number of hydrogen-bond donors (Lipinski definition) is 1. The molecule has 0 atom stereocenters. The Labute approximate surface area is 192 Å². The van der Waals surface area contributed by atoms with Crippen molar-refractivity contribution >= 4 is 27.8 Å². The monoisotopic (exact) mass is 447 g/mol. The smallest absolute Gasteiger partial charge is 0.339 e. The lowest BCUT2D eigenvalue weighted by Gasteiger charge is -2.10. The van der Waals surface area contributed by atoms with Crippen molar-refractivity contribution in [3.63, 3.8) is 0 Å². The lowest BCUT2D eigenvalue weighted by Crippen LogP contribution is -2.26. The van der Waals surface area contributed by atoms with Crippen LogP contribution in [0.4, 0.5) is 0 Å². The summed E-state index contributed by atoms with van der Waals surface area (Å²) in [6, 6.07) is 9.80. The van der Waals surface area contributed by atoms with Crippen LogP contribution in [-0.4, -0.2) is 19.6 Å². The van der Waals surface area contributed by atoms with Crippen molar-refractivity contribution in [1.29, 1.82) is 0 Å². The number of methoxy groups -OCH3 is 1. The molecule has 0 saturated heterocycles. The van der Waals surface area contributed by atoms with Crippen molar-refractivity contribution in [2.75, 3.05) is 13.7 Å². The van der Waals surface area contributed by atoms with E-state index in [4.69, 9.17) is 13.6 Å². The maximum absolute atomic E-state index is 12.7. The predicted octanol–water partition coefficient (Wildman–Crippen LogP) is 5.07. The van der Waals surface area contributed by atoms with Crippen molar-refractivity contribution in [2.24, 2.45) is 0 Å². The summed E-state index contributed by atoms with van der Waals surface area (Å²) < 4.78 is 16.7. The van der Waals surface area contributed by atoms with Crippen LogP contribution in [0.25, 0.3) is 21.9 Å². The van der Waals surface area contributed by atoms with Gasteiger partial charge in [-0.15, -0.1) is 0 Å². The van der Waals surface area contributed by atoms with E-state index in [1.807, 2.05) is 58.0 Å². The first-order valence-electron chi connectivity index (χ1n) is 11.2. The van der Waals surface area contributed by atoms with Crippen LogP contribution in [-0.2, 0) is 17.6 Å². The third kappa shape index (κ3) is 4.38. The summed E-state index contributed by atoms with van der Waals surface area (Å²) in [5.74, 6) is 1.58. The fourth-order valence-electron chi connectivity index (χ4n) is 4.25. The quantitative estimate of drug-likeness (QED) is 0.400. The van der Waals surface area contributed by atoms with E-state index in [9.17, 15) is 9.59 Å². The zero-order valence-corrected chi connectivity index (χ0v) is 19.8. The first-order valence-corrected chi connectivity index (χ1v) is 11.2. The summed E-state index contributed by atoms with van der Waals surface area (Å²) in [6.45, 7) is 8.32. The van der Waals surface area contributed by atoms with Crippen LogP contribution in [0.15, 0.2) is 44.0 Å². The minimum absolute atomic E-state index is 0.0876. The summed E-state index contributed by atoms with van der Waals surface area (Å²) in [7, 11) is 1.63. The van der Waals surface area contributed by atoms with Crippen LogP contribution >= 0.6 is 0 Å². The van der Waals surface area contributed by atoms with Gasteiger partial charge in [-0.25, -0.2) is 4.79 Å². The van der Waals surface area contributed by atoms with Gasteiger partial charge in [-0.1, -0.05) is 12.1 Å². The van der Waals surface area contributed by atoms with Crippen LogP contribution in [0.1, 0.15) is 40.0 Å². The van der Waals surface area contributed by atoms with Crippen LogP contribution in [0.5, 0.6) is 5.75 Å². The second-order valence-corrected chi connectivity index (χ2v) is 8.48. The highest BCUT2D eigenvalue weighted by Gasteiger charge is 2.19. The van der Waals surface area contributed by atoms with Crippen LogP contribution in [0.2, 0.25) is 0 Å². The van der Waals surface area contributed by atoms with Gasteiger partial charge in [0.2, 0.25) is 5.91 Å². The fraction of sp³-hybridized carbons (Fsp3) is 0.333. The largest absolute Gasteiger partial charge is 0.497 e. The first kappa shape index (κ1) is 22.6. The molecule has 1 N–H and O–H groups in total. The molecule has 172 valence electrons. The molecular weight excluding hydrogens is 418 g/mol. The molecule has 6 nitrogen and oxygen atoms in total. The number of hydrogen-bond acceptors (Lipinski definition) is 5. The Kier molecular flexibility index (Phi) is 6.27. The van der Waals surface area contributed by atoms with E-state index in [1.165, 1.54) is 0 Å². The molecule has 0 aliphatic carbocycles. The summed E-state index contributed by atoms with van der Waals surface area (Å²) in [5.41, 5.74) is 5.33. The van der Waals surface area contributed by atoms with Crippen molar-refractivity contribution in [3.05, 3.63) is 74.3 Å². The Balaban J connectivity index is 1.47. The first-order chi connectivity index (χ1) is 15.8. The van der Waals surface area contributed by atoms with Gasteiger partial charge in [0.15, 0.2) is 0 Å². The molecule has 33 heavy (non-hydrogen) atoms. The van der Waals surface area contributed by atoms with Gasteiger partial charge < -0.3 is 18.9 Å². The van der Waals surface area contributed by atoms with E-state index in [0.29, 0.717) is 24.1 Å². The van der Waals surface area contributed by atoms with E-state index in [0.717, 1.165) is 56.5 Å². The summed E-state index contributed by atoms with van der Waals surface area (Å²) in [5, 5.41) is 4.85. The number of ether oxygens (including phenoxy) is 1. The van der Waals surface area contributed by atoms with Gasteiger partial charge in [0.05, 0.1) is 7.11 Å². The van der Waals surface area contributed by atoms with Gasteiger partial charge in [-0.2, -0.15) is 0 Å². The highest BCUT2D eigenvalue weighted by atomic mass is 16.5. The maximum atomic E-state index is 12.7. The molecule has 2 aromatic carbocycles. The van der Waals surface area contributed by atoms with Gasteiger partial charge in [-0.05, 0) is 75.4 Å². The van der Waals surface area contributed by atoms with Gasteiger partial charge in [-0.3, -0.25) is 4.79 Å². The van der Waals surface area contributed by atoms with Crippen molar-refractivity contribution < 1.29 is 18.4 Å². The van der Waals surface area contributed by atoms with E-state index >= 15 is 0 Å². The summed E-state index contributed by atoms with van der Waals surface area (Å²) in [4.78, 5) is 25.1. The molecule has 4 rings (SSSR count). The van der Waals surface area contributed by atoms with Gasteiger partial charge in [0.1, 0.15) is 22.7 Å². The highest BCUT2D eigenvalue weighted by Crippen LogP contribution is 2.34. The molecular formula is C27H29NO5. The fourth-order valence-corrected chi connectivity index (χ4v) is 4.25. The standard InChI is InChI=1S/C27H29NO5/c1-15-18(4)32-25-17(3)26-23(14-22(15)25)16(2)21(27(30)33-26)10-11-24(29)28-13-12-19-6-8-20(31-5)9-7-19/h6-9,14H,10-13H2,1-5H3,(H,28,29). The van der Waals surface area contributed by atoms with Gasteiger partial charge in [0.25, 0.3) is 0 Å². The molecule has 0 aliphatic rings. The molecule has 2 aromatic heterocycles. The number of rotatable bonds is 7. The number of fused-ring (bicyclic) bond motifs is 2. The van der Waals surface area contributed by atoms with Gasteiger partial charge in [0, 0.05) is 34.9 Å². The number of furan rings is 1. The molecule has 4 aromatic rings. The molecule has 1 amide bonds. The molecule has 0 bridgehead atoms.